The normalized spacial score (nSPS) is 22.2. The Morgan fingerprint density at radius 2 is 1.97 bits per heavy atom. The van der Waals surface area contributed by atoms with E-state index in [1.165, 1.54) is 0 Å². The number of benzene rings is 1. The van der Waals surface area contributed by atoms with Crippen molar-refractivity contribution >= 4 is 35.6 Å². The molecule has 1 aromatic carbocycles. The second kappa shape index (κ2) is 12.5. The lowest BCUT2D eigenvalue weighted by Crippen LogP contribution is -2.50. The van der Waals surface area contributed by atoms with Crippen LogP contribution in [0, 0.1) is 11.7 Å². The lowest BCUT2D eigenvalue weighted by molar-refractivity contribution is 0.188. The number of nitrogens with one attached hydrogen (secondary N) is 1. The van der Waals surface area contributed by atoms with Crippen LogP contribution in [0.15, 0.2) is 48.0 Å². The van der Waals surface area contributed by atoms with Crippen LogP contribution in [0.5, 0.6) is 0 Å². The number of anilines is 1. The molecule has 2 aliphatic rings. The molecule has 2 atom stereocenters. The van der Waals surface area contributed by atoms with E-state index in [0.717, 1.165) is 76.8 Å². The highest BCUT2D eigenvalue weighted by Gasteiger charge is 2.28. The summed E-state index contributed by atoms with van der Waals surface area (Å²) in [6, 6.07) is 7.50. The van der Waals surface area contributed by atoms with Crippen LogP contribution in [0.25, 0.3) is 0 Å². The molecule has 2 saturated heterocycles. The number of likely N-dealkylation sites (tertiary alicyclic amines) is 1. The third kappa shape index (κ3) is 6.59. The number of halogens is 2. The Kier molecular flexibility index (Phi) is 9.78. The highest BCUT2D eigenvalue weighted by Crippen LogP contribution is 2.27. The zero-order valence-electron chi connectivity index (χ0n) is 19.7. The summed E-state index contributed by atoms with van der Waals surface area (Å²) in [4.78, 5) is 15.8. The summed E-state index contributed by atoms with van der Waals surface area (Å²) >= 11 is 0. The van der Waals surface area contributed by atoms with Crippen LogP contribution in [0.2, 0.25) is 0 Å². The van der Waals surface area contributed by atoms with Crippen LogP contribution in [0.1, 0.15) is 25.8 Å². The summed E-state index contributed by atoms with van der Waals surface area (Å²) in [5, 5.41) is 3.57. The first kappa shape index (κ1) is 25.7. The maximum atomic E-state index is 14.0. The van der Waals surface area contributed by atoms with Crippen LogP contribution in [0.3, 0.4) is 0 Å². The van der Waals surface area contributed by atoms with Gasteiger partial charge in [-0.05, 0) is 37.4 Å². The summed E-state index contributed by atoms with van der Waals surface area (Å²) in [5.41, 5.74) is 0.725. The molecule has 33 heavy (non-hydrogen) atoms. The van der Waals surface area contributed by atoms with Crippen molar-refractivity contribution in [3.63, 3.8) is 0 Å². The van der Waals surface area contributed by atoms with Gasteiger partial charge in [0.1, 0.15) is 5.82 Å². The van der Waals surface area contributed by atoms with Gasteiger partial charge >= 0.3 is 0 Å². The number of hydrogen-bond acceptors (Lipinski definition) is 4. The molecule has 0 spiro atoms. The fourth-order valence-electron chi connectivity index (χ4n) is 4.85. The van der Waals surface area contributed by atoms with Crippen molar-refractivity contribution in [1.29, 1.82) is 0 Å². The first-order valence-electron chi connectivity index (χ1n) is 11.8. The van der Waals surface area contributed by atoms with E-state index in [1.807, 2.05) is 31.7 Å². The van der Waals surface area contributed by atoms with Crippen molar-refractivity contribution in [2.75, 3.05) is 64.3 Å². The highest BCUT2D eigenvalue weighted by molar-refractivity contribution is 14.0. The third-order valence-corrected chi connectivity index (χ3v) is 6.84. The average Bonchev–Trinajstić information content (AvgIpc) is 3.35. The van der Waals surface area contributed by atoms with Crippen LogP contribution < -0.4 is 10.2 Å². The third-order valence-electron chi connectivity index (χ3n) is 6.84. The van der Waals surface area contributed by atoms with Crippen LogP contribution in [-0.2, 0) is 0 Å². The zero-order chi connectivity index (χ0) is 22.3. The number of para-hydroxylation sites is 1. The minimum Gasteiger partial charge on any atom is -0.367 e. The standard InChI is InChI=1S/C24H36FN7.HI/c1-20-8-12-31(18-23(20)32-13-10-27-19-32)24(26-2)28-9-5-11-29-14-16-30(17-15-29)22-7-4-3-6-21(22)25;/h3-4,6-7,10,13,19-20,23H,5,8-9,11-12,14-18H2,1-2H3,(H,26,28);1H. The van der Waals surface area contributed by atoms with Crippen LogP contribution >= 0.6 is 24.0 Å². The molecular formula is C24H37FIN7. The first-order chi connectivity index (χ1) is 15.7. The van der Waals surface area contributed by atoms with E-state index in [9.17, 15) is 4.39 Å². The molecule has 7 nitrogen and oxygen atoms in total. The molecule has 1 aromatic heterocycles. The van der Waals surface area contributed by atoms with Crippen molar-refractivity contribution in [2.24, 2.45) is 10.9 Å². The molecule has 2 aromatic rings. The minimum absolute atomic E-state index is 0. The maximum Gasteiger partial charge on any atom is 0.193 e. The number of piperazine rings is 1. The van der Waals surface area contributed by atoms with Gasteiger partial charge < -0.3 is 19.7 Å². The topological polar surface area (TPSA) is 51.9 Å². The summed E-state index contributed by atoms with van der Waals surface area (Å²) in [5.74, 6) is 1.49. The largest absolute Gasteiger partial charge is 0.367 e. The molecule has 0 radical (unpaired) electrons. The number of aliphatic imine (C=N–C) groups is 1. The van der Waals surface area contributed by atoms with Gasteiger partial charge in [-0.3, -0.25) is 9.89 Å². The molecule has 2 fully saturated rings. The molecule has 9 heteroatoms. The van der Waals surface area contributed by atoms with Gasteiger partial charge in [0.05, 0.1) is 18.1 Å². The molecule has 1 N–H and O–H groups in total. The van der Waals surface area contributed by atoms with Crippen LogP contribution in [-0.4, -0.2) is 84.7 Å². The fourth-order valence-corrected chi connectivity index (χ4v) is 4.85. The van der Waals surface area contributed by atoms with E-state index in [-0.39, 0.29) is 29.8 Å². The van der Waals surface area contributed by atoms with Gasteiger partial charge in [-0.15, -0.1) is 24.0 Å². The predicted molar refractivity (Wildman–Crippen MR) is 143 cm³/mol. The number of nitrogens with zero attached hydrogens (tertiary/aromatic N) is 6. The van der Waals surface area contributed by atoms with Crippen molar-refractivity contribution in [3.05, 3.63) is 48.8 Å². The van der Waals surface area contributed by atoms with E-state index in [2.05, 4.69) is 47.7 Å². The Hall–Kier alpha value is -1.88. The van der Waals surface area contributed by atoms with E-state index in [1.54, 1.807) is 12.1 Å². The Bertz CT molecular complexity index is 867. The van der Waals surface area contributed by atoms with Gasteiger partial charge in [0, 0.05) is 65.3 Å². The summed E-state index contributed by atoms with van der Waals surface area (Å²) in [7, 11) is 1.87. The second-order valence-electron chi connectivity index (χ2n) is 8.90. The number of piperidine rings is 1. The second-order valence-corrected chi connectivity index (χ2v) is 8.90. The Morgan fingerprint density at radius 3 is 2.67 bits per heavy atom. The first-order valence-corrected chi connectivity index (χ1v) is 11.8. The van der Waals surface area contributed by atoms with Gasteiger partial charge in [-0.1, -0.05) is 19.1 Å². The summed E-state index contributed by atoms with van der Waals surface area (Å²) < 4.78 is 16.3. The van der Waals surface area contributed by atoms with Crippen molar-refractivity contribution < 1.29 is 4.39 Å². The molecule has 0 saturated carbocycles. The lowest BCUT2D eigenvalue weighted by Gasteiger charge is -2.39. The van der Waals surface area contributed by atoms with Gasteiger partial charge in [0.2, 0.25) is 0 Å². The quantitative estimate of drug-likeness (QED) is 0.251. The Morgan fingerprint density at radius 1 is 1.18 bits per heavy atom. The molecule has 2 aliphatic heterocycles. The van der Waals surface area contributed by atoms with Gasteiger partial charge in [-0.2, -0.15) is 0 Å². The smallest absolute Gasteiger partial charge is 0.193 e. The number of hydrogen-bond donors (Lipinski definition) is 1. The molecule has 0 amide bonds. The molecule has 4 rings (SSSR count). The average molecular weight is 570 g/mol. The van der Waals surface area contributed by atoms with Gasteiger partial charge in [-0.25, -0.2) is 9.37 Å². The molecular weight excluding hydrogens is 532 g/mol. The lowest BCUT2D eigenvalue weighted by atomic mass is 9.93. The summed E-state index contributed by atoms with van der Waals surface area (Å²) in [6.07, 6.45) is 8.05. The molecule has 182 valence electrons. The van der Waals surface area contributed by atoms with E-state index in [0.29, 0.717) is 12.0 Å². The fraction of sp³-hybridized carbons (Fsp3) is 0.583. The Labute approximate surface area is 214 Å². The highest BCUT2D eigenvalue weighted by atomic mass is 127. The number of aromatic nitrogens is 2. The molecule has 0 aliphatic carbocycles. The number of guanidine groups is 1. The van der Waals surface area contributed by atoms with Crippen molar-refractivity contribution in [2.45, 2.75) is 25.8 Å². The maximum absolute atomic E-state index is 14.0. The molecule has 0 bridgehead atoms. The number of rotatable bonds is 6. The minimum atomic E-state index is -0.126. The summed E-state index contributed by atoms with van der Waals surface area (Å²) in [6.45, 7) is 9.95. The van der Waals surface area contributed by atoms with Crippen LogP contribution in [0.4, 0.5) is 10.1 Å². The predicted octanol–water partition coefficient (Wildman–Crippen LogP) is 3.31. The Balaban J connectivity index is 0.00000306. The SMILES string of the molecule is CN=C(NCCCN1CCN(c2ccccc2F)CC1)N1CCC(C)C(n2ccnc2)C1.I. The van der Waals surface area contributed by atoms with E-state index < -0.39 is 0 Å². The number of imidazole rings is 1. The van der Waals surface area contributed by atoms with Gasteiger partial charge in [0.15, 0.2) is 5.96 Å². The van der Waals surface area contributed by atoms with Crippen molar-refractivity contribution in [1.82, 2.24) is 24.7 Å². The van der Waals surface area contributed by atoms with E-state index >= 15 is 0 Å². The van der Waals surface area contributed by atoms with Gasteiger partial charge in [0.25, 0.3) is 0 Å². The zero-order valence-corrected chi connectivity index (χ0v) is 22.1. The monoisotopic (exact) mass is 569 g/mol. The molecule has 3 heterocycles. The van der Waals surface area contributed by atoms with E-state index in [4.69, 9.17) is 0 Å². The molecule has 2 unspecified atom stereocenters. The van der Waals surface area contributed by atoms with Crippen molar-refractivity contribution in [3.8, 4) is 0 Å².